The lowest BCUT2D eigenvalue weighted by Crippen LogP contribution is -2.48. The maximum Gasteiger partial charge on any atom is 0.243 e. The number of methoxy groups -OCH3 is 1. The first kappa shape index (κ1) is 27.4. The van der Waals surface area contributed by atoms with Gasteiger partial charge in [-0.3, -0.25) is 4.79 Å². The van der Waals surface area contributed by atoms with Crippen molar-refractivity contribution in [2.75, 3.05) is 47.4 Å². The molecule has 2 N–H and O–H groups in total. The average molecular weight is 511 g/mol. The Bertz CT molecular complexity index is 454. The van der Waals surface area contributed by atoms with Crippen molar-refractivity contribution in [3.05, 3.63) is 0 Å². The number of ether oxygens (including phenoxy) is 1. The van der Waals surface area contributed by atoms with Crippen LogP contribution >= 0.6 is 24.0 Å². The summed E-state index contributed by atoms with van der Waals surface area (Å²) in [5.74, 6) is 1.43. The molecule has 0 bridgehead atoms. The van der Waals surface area contributed by atoms with Crippen LogP contribution in [0.2, 0.25) is 0 Å². The van der Waals surface area contributed by atoms with Gasteiger partial charge < -0.3 is 20.3 Å². The molecule has 28 heavy (non-hydrogen) atoms. The standard InChI is InChI=1S/C21H42N4O2.HI/c1-6-8-10-18(7-2)15-22-20(23-16-19(26)25(3)4)24-17-21(11-9-12-21)13-14-27-5;/h18H,6-17H2,1-5H3,(H2,22,23,24);1H. The second-order valence-corrected chi connectivity index (χ2v) is 8.20. The number of aliphatic imine (C=N–C) groups is 1. The van der Waals surface area contributed by atoms with Gasteiger partial charge in [-0.05, 0) is 37.0 Å². The maximum absolute atomic E-state index is 11.9. The van der Waals surface area contributed by atoms with Crippen molar-refractivity contribution in [2.24, 2.45) is 16.3 Å². The highest BCUT2D eigenvalue weighted by Gasteiger charge is 2.36. The summed E-state index contributed by atoms with van der Waals surface area (Å²) in [6.45, 7) is 7.26. The predicted octanol–water partition coefficient (Wildman–Crippen LogP) is 3.65. The molecule has 0 aromatic heterocycles. The molecule has 1 rings (SSSR count). The minimum absolute atomic E-state index is 0. The van der Waals surface area contributed by atoms with Crippen LogP contribution in [0.4, 0.5) is 0 Å². The molecule has 166 valence electrons. The zero-order chi connectivity index (χ0) is 20.1. The highest BCUT2D eigenvalue weighted by molar-refractivity contribution is 14.0. The fourth-order valence-electron chi connectivity index (χ4n) is 3.43. The lowest BCUT2D eigenvalue weighted by atomic mass is 9.67. The molecule has 0 radical (unpaired) electrons. The molecule has 1 fully saturated rings. The van der Waals surface area contributed by atoms with E-state index in [4.69, 9.17) is 4.74 Å². The molecule has 7 heteroatoms. The molecule has 0 saturated heterocycles. The van der Waals surface area contributed by atoms with Crippen molar-refractivity contribution in [2.45, 2.75) is 65.2 Å². The van der Waals surface area contributed by atoms with Gasteiger partial charge in [0.2, 0.25) is 5.91 Å². The number of amides is 1. The van der Waals surface area contributed by atoms with E-state index in [0.717, 1.165) is 38.5 Å². The van der Waals surface area contributed by atoms with E-state index >= 15 is 0 Å². The van der Waals surface area contributed by atoms with Crippen molar-refractivity contribution in [3.8, 4) is 0 Å². The number of guanidine groups is 1. The molecule has 1 atom stereocenters. The summed E-state index contributed by atoms with van der Waals surface area (Å²) in [6, 6.07) is 0. The van der Waals surface area contributed by atoms with Crippen molar-refractivity contribution in [1.29, 1.82) is 0 Å². The number of carbonyl (C=O) groups is 1. The molecular formula is C21H43IN4O2. The molecule has 1 aliphatic carbocycles. The van der Waals surface area contributed by atoms with E-state index in [-0.39, 0.29) is 36.4 Å². The van der Waals surface area contributed by atoms with E-state index < -0.39 is 0 Å². The van der Waals surface area contributed by atoms with Crippen LogP contribution in [-0.4, -0.2) is 64.2 Å². The van der Waals surface area contributed by atoms with E-state index in [9.17, 15) is 4.79 Å². The Labute approximate surface area is 189 Å². The third kappa shape index (κ3) is 10.3. The normalized spacial score (nSPS) is 16.5. The number of hydrogen-bond acceptors (Lipinski definition) is 3. The Balaban J connectivity index is 0.00000729. The average Bonchev–Trinajstić information content (AvgIpc) is 2.63. The largest absolute Gasteiger partial charge is 0.385 e. The van der Waals surface area contributed by atoms with Crippen LogP contribution in [-0.2, 0) is 9.53 Å². The van der Waals surface area contributed by atoms with Crippen molar-refractivity contribution in [1.82, 2.24) is 15.5 Å². The van der Waals surface area contributed by atoms with Crippen LogP contribution in [0.25, 0.3) is 0 Å². The molecular weight excluding hydrogens is 467 g/mol. The molecule has 6 nitrogen and oxygen atoms in total. The quantitative estimate of drug-likeness (QED) is 0.226. The molecule has 0 aliphatic heterocycles. The first-order valence-corrected chi connectivity index (χ1v) is 10.7. The number of nitrogens with one attached hydrogen (secondary N) is 2. The number of nitrogens with zero attached hydrogens (tertiary/aromatic N) is 2. The number of rotatable bonds is 13. The predicted molar refractivity (Wildman–Crippen MR) is 128 cm³/mol. The number of unbranched alkanes of at least 4 members (excludes halogenated alkanes) is 1. The first-order chi connectivity index (χ1) is 13.0. The van der Waals surface area contributed by atoms with Gasteiger partial charge in [-0.25, -0.2) is 4.99 Å². The maximum atomic E-state index is 11.9. The molecule has 1 amide bonds. The second kappa shape index (κ2) is 15.3. The highest BCUT2D eigenvalue weighted by Crippen LogP contribution is 2.43. The number of halogens is 1. The Hall–Kier alpha value is -0.570. The number of likely N-dealkylation sites (N-methyl/N-ethyl adjacent to an activating group) is 1. The molecule has 0 spiro atoms. The van der Waals surface area contributed by atoms with Gasteiger partial charge in [0.15, 0.2) is 5.96 Å². The van der Waals surface area contributed by atoms with Crippen molar-refractivity contribution in [3.63, 3.8) is 0 Å². The van der Waals surface area contributed by atoms with Gasteiger partial charge >= 0.3 is 0 Å². The van der Waals surface area contributed by atoms with E-state index in [2.05, 4.69) is 29.5 Å². The summed E-state index contributed by atoms with van der Waals surface area (Å²) in [5, 5.41) is 7.00. The third-order valence-electron chi connectivity index (χ3n) is 5.85. The second-order valence-electron chi connectivity index (χ2n) is 8.20. The van der Waals surface area contributed by atoms with Gasteiger partial charge in [0.1, 0.15) is 6.54 Å². The van der Waals surface area contributed by atoms with Gasteiger partial charge in [0, 0.05) is 40.9 Å². The van der Waals surface area contributed by atoms with E-state index in [1.54, 1.807) is 26.1 Å². The molecule has 0 aromatic carbocycles. The van der Waals surface area contributed by atoms with Gasteiger partial charge in [-0.15, -0.1) is 24.0 Å². The Morgan fingerprint density at radius 1 is 1.25 bits per heavy atom. The van der Waals surface area contributed by atoms with Gasteiger partial charge in [0.05, 0.1) is 0 Å². The van der Waals surface area contributed by atoms with Crippen LogP contribution in [0.5, 0.6) is 0 Å². The number of hydrogen-bond donors (Lipinski definition) is 2. The Morgan fingerprint density at radius 3 is 2.46 bits per heavy atom. The minimum Gasteiger partial charge on any atom is -0.385 e. The van der Waals surface area contributed by atoms with Crippen LogP contribution in [0.3, 0.4) is 0 Å². The van der Waals surface area contributed by atoms with Crippen molar-refractivity contribution >= 4 is 35.8 Å². The lowest BCUT2D eigenvalue weighted by Gasteiger charge is -2.42. The summed E-state index contributed by atoms with van der Waals surface area (Å²) < 4.78 is 5.29. The monoisotopic (exact) mass is 510 g/mol. The van der Waals surface area contributed by atoms with Crippen LogP contribution < -0.4 is 10.6 Å². The molecule has 1 saturated carbocycles. The molecule has 1 unspecified atom stereocenters. The van der Waals surface area contributed by atoms with Gasteiger partial charge in [-0.2, -0.15) is 0 Å². The Morgan fingerprint density at radius 2 is 1.96 bits per heavy atom. The number of carbonyl (C=O) groups excluding carboxylic acids is 1. The van der Waals surface area contributed by atoms with E-state index in [1.165, 1.54) is 38.5 Å². The topological polar surface area (TPSA) is 66.0 Å². The van der Waals surface area contributed by atoms with E-state index in [1.807, 2.05) is 0 Å². The fraction of sp³-hybridized carbons (Fsp3) is 0.905. The van der Waals surface area contributed by atoms with Crippen LogP contribution in [0.1, 0.15) is 65.2 Å². The zero-order valence-electron chi connectivity index (χ0n) is 18.7. The summed E-state index contributed by atoms with van der Waals surface area (Å²) in [7, 11) is 5.30. The van der Waals surface area contributed by atoms with Crippen LogP contribution in [0.15, 0.2) is 4.99 Å². The SMILES string of the molecule is CCCCC(CC)CNC(=NCC(=O)N(C)C)NCC1(CCOC)CCC1.I. The molecule has 1 aliphatic rings. The summed E-state index contributed by atoms with van der Waals surface area (Å²) in [4.78, 5) is 18.1. The fourth-order valence-corrected chi connectivity index (χ4v) is 3.43. The first-order valence-electron chi connectivity index (χ1n) is 10.7. The molecule has 0 aromatic rings. The summed E-state index contributed by atoms with van der Waals surface area (Å²) in [6.07, 6.45) is 9.74. The van der Waals surface area contributed by atoms with E-state index in [0.29, 0.717) is 11.3 Å². The van der Waals surface area contributed by atoms with Crippen LogP contribution in [0, 0.1) is 11.3 Å². The third-order valence-corrected chi connectivity index (χ3v) is 5.85. The molecule has 0 heterocycles. The van der Waals surface area contributed by atoms with Crippen molar-refractivity contribution < 1.29 is 9.53 Å². The smallest absolute Gasteiger partial charge is 0.243 e. The zero-order valence-corrected chi connectivity index (χ0v) is 21.0. The van der Waals surface area contributed by atoms with Gasteiger partial charge in [0.25, 0.3) is 0 Å². The van der Waals surface area contributed by atoms with Gasteiger partial charge in [-0.1, -0.05) is 39.5 Å². The highest BCUT2D eigenvalue weighted by atomic mass is 127. The summed E-state index contributed by atoms with van der Waals surface area (Å²) in [5.41, 5.74) is 0.316. The minimum atomic E-state index is 0. The summed E-state index contributed by atoms with van der Waals surface area (Å²) >= 11 is 0. The lowest BCUT2D eigenvalue weighted by molar-refractivity contribution is -0.127. The Kier molecular flexibility index (Phi) is 15.0.